The van der Waals surface area contributed by atoms with Crippen molar-refractivity contribution in [3.63, 3.8) is 0 Å². The van der Waals surface area contributed by atoms with E-state index in [0.29, 0.717) is 6.54 Å². The van der Waals surface area contributed by atoms with Crippen LogP contribution in [-0.4, -0.2) is 55.0 Å². The van der Waals surface area contributed by atoms with Crippen LogP contribution in [-0.2, 0) is 0 Å². The van der Waals surface area contributed by atoms with Crippen LogP contribution in [0.4, 0.5) is 17.1 Å². The van der Waals surface area contributed by atoms with E-state index in [1.165, 1.54) is 23.9 Å². The Morgan fingerprint density at radius 3 is 2.50 bits per heavy atom. The lowest BCUT2D eigenvalue weighted by atomic mass is 10.1. The summed E-state index contributed by atoms with van der Waals surface area (Å²) < 4.78 is 0. The predicted molar refractivity (Wildman–Crippen MR) is 110 cm³/mol. The first-order chi connectivity index (χ1) is 13.5. The van der Waals surface area contributed by atoms with E-state index in [1.54, 1.807) is 0 Å². The van der Waals surface area contributed by atoms with Gasteiger partial charge in [-0.15, -0.1) is 0 Å². The first kappa shape index (κ1) is 19.6. The highest BCUT2D eigenvalue weighted by Gasteiger charge is 2.17. The Morgan fingerprint density at radius 2 is 1.82 bits per heavy atom. The Labute approximate surface area is 164 Å². The second-order valence-corrected chi connectivity index (χ2v) is 6.80. The Morgan fingerprint density at radius 1 is 1.11 bits per heavy atom. The third-order valence-electron chi connectivity index (χ3n) is 4.92. The SMILES string of the molecule is Nc1ccc(C(=O)NCCCN2CCN(c3ccccc3)CC2)cc1[N+](=O)[O-]. The summed E-state index contributed by atoms with van der Waals surface area (Å²) >= 11 is 0. The normalized spacial score (nSPS) is 14.6. The molecule has 1 saturated heterocycles. The van der Waals surface area contributed by atoms with Crippen LogP contribution in [0.15, 0.2) is 48.5 Å². The molecule has 0 spiro atoms. The highest BCUT2D eigenvalue weighted by Crippen LogP contribution is 2.22. The predicted octanol–water partition coefficient (Wildman–Crippen LogP) is 2.12. The largest absolute Gasteiger partial charge is 0.393 e. The Balaban J connectivity index is 1.39. The van der Waals surface area contributed by atoms with Crippen molar-refractivity contribution in [1.82, 2.24) is 10.2 Å². The number of piperazine rings is 1. The fourth-order valence-corrected chi connectivity index (χ4v) is 3.32. The second kappa shape index (κ2) is 9.18. The van der Waals surface area contributed by atoms with Crippen LogP contribution in [0.25, 0.3) is 0 Å². The molecule has 0 radical (unpaired) electrons. The highest BCUT2D eigenvalue weighted by atomic mass is 16.6. The van der Waals surface area contributed by atoms with Gasteiger partial charge in [0.1, 0.15) is 5.69 Å². The molecule has 0 saturated carbocycles. The van der Waals surface area contributed by atoms with E-state index in [2.05, 4.69) is 39.4 Å². The van der Waals surface area contributed by atoms with Gasteiger partial charge in [-0.3, -0.25) is 19.8 Å². The van der Waals surface area contributed by atoms with Crippen molar-refractivity contribution in [2.24, 2.45) is 0 Å². The minimum absolute atomic E-state index is 0.0520. The average Bonchev–Trinajstić information content (AvgIpc) is 2.72. The van der Waals surface area contributed by atoms with Crippen molar-refractivity contribution < 1.29 is 9.72 Å². The van der Waals surface area contributed by atoms with Gasteiger partial charge in [0.15, 0.2) is 0 Å². The zero-order chi connectivity index (χ0) is 19.9. The van der Waals surface area contributed by atoms with E-state index in [9.17, 15) is 14.9 Å². The van der Waals surface area contributed by atoms with Crippen molar-refractivity contribution in [2.45, 2.75) is 6.42 Å². The first-order valence-electron chi connectivity index (χ1n) is 9.39. The van der Waals surface area contributed by atoms with Crippen molar-refractivity contribution in [2.75, 3.05) is 49.9 Å². The zero-order valence-corrected chi connectivity index (χ0v) is 15.7. The van der Waals surface area contributed by atoms with Crippen LogP contribution in [0.5, 0.6) is 0 Å². The third kappa shape index (κ3) is 4.98. The average molecular weight is 383 g/mol. The molecule has 2 aromatic carbocycles. The number of nitrogen functional groups attached to an aromatic ring is 1. The summed E-state index contributed by atoms with van der Waals surface area (Å²) in [6.07, 6.45) is 0.828. The lowest BCUT2D eigenvalue weighted by molar-refractivity contribution is -0.383. The standard InChI is InChI=1S/C20H25N5O3/c21-18-8-7-16(15-19(18)25(27)28)20(26)22-9-4-10-23-11-13-24(14-12-23)17-5-2-1-3-6-17/h1-3,5-8,15H,4,9-14,21H2,(H,22,26). The molecule has 148 valence electrons. The van der Waals surface area contributed by atoms with Gasteiger partial charge in [0.2, 0.25) is 0 Å². The van der Waals surface area contributed by atoms with E-state index in [0.717, 1.165) is 39.1 Å². The molecule has 3 N–H and O–H groups in total. The molecule has 1 fully saturated rings. The number of nitrogens with zero attached hydrogens (tertiary/aromatic N) is 3. The maximum absolute atomic E-state index is 12.2. The summed E-state index contributed by atoms with van der Waals surface area (Å²) in [6.45, 7) is 5.40. The minimum Gasteiger partial charge on any atom is -0.393 e. The lowest BCUT2D eigenvalue weighted by Crippen LogP contribution is -2.47. The zero-order valence-electron chi connectivity index (χ0n) is 15.7. The monoisotopic (exact) mass is 383 g/mol. The smallest absolute Gasteiger partial charge is 0.292 e. The molecule has 0 unspecified atom stereocenters. The number of carbonyl (C=O) groups excluding carboxylic acids is 1. The lowest BCUT2D eigenvalue weighted by Gasteiger charge is -2.36. The molecule has 1 aliphatic rings. The number of carbonyl (C=O) groups is 1. The van der Waals surface area contributed by atoms with E-state index in [1.807, 2.05) is 6.07 Å². The maximum Gasteiger partial charge on any atom is 0.292 e. The van der Waals surface area contributed by atoms with Gasteiger partial charge in [-0.25, -0.2) is 0 Å². The van der Waals surface area contributed by atoms with Crippen molar-refractivity contribution >= 4 is 23.0 Å². The third-order valence-corrected chi connectivity index (χ3v) is 4.92. The first-order valence-corrected chi connectivity index (χ1v) is 9.39. The fraction of sp³-hybridized carbons (Fsp3) is 0.350. The molecule has 3 rings (SSSR count). The number of rotatable bonds is 7. The number of hydrogen-bond acceptors (Lipinski definition) is 6. The summed E-state index contributed by atoms with van der Waals surface area (Å²) in [6, 6.07) is 14.5. The van der Waals surface area contributed by atoms with Crippen molar-refractivity contribution in [3.8, 4) is 0 Å². The van der Waals surface area contributed by atoms with Gasteiger partial charge >= 0.3 is 0 Å². The number of nitro benzene ring substituents is 1. The van der Waals surface area contributed by atoms with Gasteiger partial charge in [-0.2, -0.15) is 0 Å². The molecule has 28 heavy (non-hydrogen) atoms. The number of hydrogen-bond donors (Lipinski definition) is 2. The molecular weight excluding hydrogens is 358 g/mol. The fourth-order valence-electron chi connectivity index (χ4n) is 3.32. The van der Waals surface area contributed by atoms with E-state index >= 15 is 0 Å². The Hall–Kier alpha value is -3.13. The molecule has 0 bridgehead atoms. The summed E-state index contributed by atoms with van der Waals surface area (Å²) in [5.41, 5.74) is 6.87. The van der Waals surface area contributed by atoms with E-state index in [4.69, 9.17) is 5.73 Å². The van der Waals surface area contributed by atoms with Crippen molar-refractivity contribution in [3.05, 3.63) is 64.2 Å². The summed E-state index contributed by atoms with van der Waals surface area (Å²) in [5.74, 6) is -0.322. The molecule has 8 nitrogen and oxygen atoms in total. The van der Waals surface area contributed by atoms with Gasteiger partial charge in [-0.05, 0) is 37.2 Å². The number of para-hydroxylation sites is 1. The van der Waals surface area contributed by atoms with Crippen LogP contribution in [0.3, 0.4) is 0 Å². The number of nitrogens with one attached hydrogen (secondary N) is 1. The van der Waals surface area contributed by atoms with Crippen LogP contribution in [0.1, 0.15) is 16.8 Å². The van der Waals surface area contributed by atoms with Gasteiger partial charge in [-0.1, -0.05) is 18.2 Å². The molecule has 8 heteroatoms. The van der Waals surface area contributed by atoms with Crippen LogP contribution in [0.2, 0.25) is 0 Å². The number of anilines is 2. The van der Waals surface area contributed by atoms with Crippen molar-refractivity contribution in [1.29, 1.82) is 0 Å². The molecule has 1 amide bonds. The van der Waals surface area contributed by atoms with E-state index < -0.39 is 4.92 Å². The maximum atomic E-state index is 12.2. The summed E-state index contributed by atoms with van der Waals surface area (Å²) in [4.78, 5) is 27.3. The number of nitro groups is 1. The number of nitrogens with two attached hydrogens (primary N) is 1. The topological polar surface area (TPSA) is 105 Å². The molecule has 1 aliphatic heterocycles. The molecular formula is C20H25N5O3. The van der Waals surface area contributed by atoms with Gasteiger partial charge in [0, 0.05) is 50.0 Å². The Bertz CT molecular complexity index is 820. The summed E-state index contributed by atoms with van der Waals surface area (Å²) in [7, 11) is 0. The van der Waals surface area contributed by atoms with Gasteiger partial charge in [0.05, 0.1) is 4.92 Å². The number of amides is 1. The Kier molecular flexibility index (Phi) is 6.44. The van der Waals surface area contributed by atoms with Crippen LogP contribution in [0, 0.1) is 10.1 Å². The highest BCUT2D eigenvalue weighted by molar-refractivity contribution is 5.95. The summed E-state index contributed by atoms with van der Waals surface area (Å²) in [5, 5.41) is 13.7. The van der Waals surface area contributed by atoms with Gasteiger partial charge < -0.3 is 16.0 Å². The molecule has 1 heterocycles. The molecule has 0 aromatic heterocycles. The quantitative estimate of drug-likeness (QED) is 0.328. The molecule has 2 aromatic rings. The minimum atomic E-state index is -0.582. The molecule has 0 aliphatic carbocycles. The molecule has 0 atom stereocenters. The van der Waals surface area contributed by atoms with Crippen LogP contribution >= 0.6 is 0 Å². The number of benzene rings is 2. The van der Waals surface area contributed by atoms with Crippen LogP contribution < -0.4 is 16.0 Å². The van der Waals surface area contributed by atoms with Gasteiger partial charge in [0.25, 0.3) is 11.6 Å². The second-order valence-electron chi connectivity index (χ2n) is 6.80. The van der Waals surface area contributed by atoms with E-state index in [-0.39, 0.29) is 22.8 Å².